The second kappa shape index (κ2) is 5.44. The fourth-order valence-corrected chi connectivity index (χ4v) is 2.73. The van der Waals surface area contributed by atoms with Gasteiger partial charge in [0.2, 0.25) is 0 Å². The Labute approximate surface area is 129 Å². The van der Waals surface area contributed by atoms with E-state index in [1.54, 1.807) is 4.90 Å². The molecule has 0 amide bonds. The summed E-state index contributed by atoms with van der Waals surface area (Å²) in [6.07, 6.45) is 0. The van der Waals surface area contributed by atoms with Crippen molar-refractivity contribution in [3.05, 3.63) is 64.1 Å². The van der Waals surface area contributed by atoms with Gasteiger partial charge in [-0.25, -0.2) is 8.78 Å². The van der Waals surface area contributed by atoms with E-state index in [1.165, 1.54) is 18.2 Å². The molecule has 0 saturated carbocycles. The van der Waals surface area contributed by atoms with Gasteiger partial charge in [0.15, 0.2) is 5.96 Å². The molecule has 0 saturated heterocycles. The fraction of sp³-hybridized carbons (Fsp3) is 0.133. The zero-order valence-corrected chi connectivity index (χ0v) is 12.5. The van der Waals surface area contributed by atoms with Crippen LogP contribution in [0.2, 0.25) is 0 Å². The summed E-state index contributed by atoms with van der Waals surface area (Å²) < 4.78 is 28.9. The summed E-state index contributed by atoms with van der Waals surface area (Å²) in [6.45, 7) is 0.222. The van der Waals surface area contributed by atoms with Crippen LogP contribution in [0, 0.1) is 11.6 Å². The molecule has 1 aliphatic rings. The monoisotopic (exact) mass is 351 g/mol. The molecule has 2 aromatic rings. The molecule has 3 rings (SSSR count). The Hall–Kier alpha value is -1.95. The summed E-state index contributed by atoms with van der Waals surface area (Å²) in [6, 6.07) is 10.6. The van der Waals surface area contributed by atoms with Crippen molar-refractivity contribution < 1.29 is 8.78 Å². The Morgan fingerprint density at radius 1 is 1.10 bits per heavy atom. The molecule has 0 radical (unpaired) electrons. The summed E-state index contributed by atoms with van der Waals surface area (Å²) in [5.41, 5.74) is 6.63. The highest BCUT2D eigenvalue weighted by Crippen LogP contribution is 2.34. The molecular formula is C15H12BrF2N3. The number of guanidine groups is 1. The molecule has 2 N–H and O–H groups in total. The van der Waals surface area contributed by atoms with Gasteiger partial charge in [-0.05, 0) is 36.4 Å². The first-order valence-electron chi connectivity index (χ1n) is 6.36. The fourth-order valence-electron chi connectivity index (χ4n) is 2.46. The Morgan fingerprint density at radius 3 is 2.33 bits per heavy atom. The molecule has 0 fully saturated rings. The molecule has 2 aromatic carbocycles. The van der Waals surface area contributed by atoms with Gasteiger partial charge in [0, 0.05) is 15.7 Å². The predicted molar refractivity (Wildman–Crippen MR) is 82.2 cm³/mol. The second-order valence-corrected chi connectivity index (χ2v) is 5.61. The van der Waals surface area contributed by atoms with Crippen LogP contribution in [0.3, 0.4) is 0 Å². The van der Waals surface area contributed by atoms with Crippen molar-refractivity contribution in [3.63, 3.8) is 0 Å². The Morgan fingerprint density at radius 2 is 1.71 bits per heavy atom. The normalized spacial score (nSPS) is 18.0. The van der Waals surface area contributed by atoms with E-state index in [9.17, 15) is 8.78 Å². The van der Waals surface area contributed by atoms with Crippen LogP contribution in [0.25, 0.3) is 0 Å². The minimum absolute atomic E-state index is 0.00961. The lowest BCUT2D eigenvalue weighted by molar-refractivity contribution is 0.533. The first-order valence-corrected chi connectivity index (χ1v) is 7.16. The van der Waals surface area contributed by atoms with Crippen molar-refractivity contribution in [2.45, 2.75) is 6.04 Å². The topological polar surface area (TPSA) is 41.6 Å². The van der Waals surface area contributed by atoms with Crippen LogP contribution in [0.5, 0.6) is 0 Å². The lowest BCUT2D eigenvalue weighted by Gasteiger charge is -2.27. The second-order valence-electron chi connectivity index (χ2n) is 4.70. The highest BCUT2D eigenvalue weighted by atomic mass is 79.9. The average molecular weight is 352 g/mol. The maximum Gasteiger partial charge on any atom is 0.196 e. The quantitative estimate of drug-likeness (QED) is 0.897. The molecule has 6 heteroatoms. The van der Waals surface area contributed by atoms with Crippen molar-refractivity contribution in [2.75, 3.05) is 11.4 Å². The van der Waals surface area contributed by atoms with Gasteiger partial charge in [-0.1, -0.05) is 22.0 Å². The third-order valence-corrected chi connectivity index (χ3v) is 3.95. The zero-order chi connectivity index (χ0) is 15.0. The van der Waals surface area contributed by atoms with Crippen LogP contribution in [0.15, 0.2) is 51.9 Å². The summed E-state index contributed by atoms with van der Waals surface area (Å²) in [7, 11) is 0. The molecule has 1 aliphatic heterocycles. The van der Waals surface area contributed by atoms with Crippen molar-refractivity contribution >= 4 is 27.6 Å². The van der Waals surface area contributed by atoms with Crippen molar-refractivity contribution in [3.8, 4) is 0 Å². The number of hydrogen-bond acceptors (Lipinski definition) is 3. The third-order valence-electron chi connectivity index (χ3n) is 3.42. The molecule has 108 valence electrons. The Balaban J connectivity index is 2.05. The summed E-state index contributed by atoms with van der Waals surface area (Å²) in [4.78, 5) is 5.78. The van der Waals surface area contributed by atoms with Gasteiger partial charge in [-0.15, -0.1) is 0 Å². The van der Waals surface area contributed by atoms with Crippen LogP contribution in [0.1, 0.15) is 11.6 Å². The molecular weight excluding hydrogens is 340 g/mol. The number of rotatable bonds is 2. The maximum atomic E-state index is 14.0. The molecule has 21 heavy (non-hydrogen) atoms. The summed E-state index contributed by atoms with van der Waals surface area (Å²) >= 11 is 3.35. The van der Waals surface area contributed by atoms with Crippen LogP contribution >= 0.6 is 15.9 Å². The molecule has 0 spiro atoms. The van der Waals surface area contributed by atoms with Gasteiger partial charge in [-0.3, -0.25) is 4.99 Å². The van der Waals surface area contributed by atoms with Crippen molar-refractivity contribution in [1.82, 2.24) is 0 Å². The van der Waals surface area contributed by atoms with Crippen molar-refractivity contribution in [1.29, 1.82) is 0 Å². The zero-order valence-electron chi connectivity index (χ0n) is 10.9. The lowest BCUT2D eigenvalue weighted by Crippen LogP contribution is -2.36. The van der Waals surface area contributed by atoms with Crippen LogP contribution in [0.4, 0.5) is 14.5 Å². The molecule has 0 aromatic heterocycles. The van der Waals surface area contributed by atoms with Crippen LogP contribution < -0.4 is 10.6 Å². The van der Waals surface area contributed by atoms with E-state index in [4.69, 9.17) is 5.73 Å². The van der Waals surface area contributed by atoms with E-state index >= 15 is 0 Å². The minimum atomic E-state index is -0.591. The highest BCUT2D eigenvalue weighted by molar-refractivity contribution is 9.10. The number of benzene rings is 2. The van der Waals surface area contributed by atoms with E-state index in [1.807, 2.05) is 24.3 Å². The van der Waals surface area contributed by atoms with Crippen LogP contribution in [-0.4, -0.2) is 12.5 Å². The van der Waals surface area contributed by atoms with Gasteiger partial charge in [0.1, 0.15) is 11.6 Å². The SMILES string of the molecule is NC1=NCC(c2c(F)cccc2F)N1c1ccc(Br)cc1. The summed E-state index contributed by atoms with van der Waals surface area (Å²) in [5.74, 6) is -0.927. The van der Waals surface area contributed by atoms with Gasteiger partial charge in [-0.2, -0.15) is 0 Å². The van der Waals surface area contributed by atoms with Gasteiger partial charge < -0.3 is 10.6 Å². The van der Waals surface area contributed by atoms with E-state index in [-0.39, 0.29) is 18.1 Å². The van der Waals surface area contributed by atoms with E-state index in [0.29, 0.717) is 0 Å². The van der Waals surface area contributed by atoms with Gasteiger partial charge in [0.05, 0.1) is 12.6 Å². The molecule has 1 heterocycles. The summed E-state index contributed by atoms with van der Waals surface area (Å²) in [5, 5.41) is 0. The smallest absolute Gasteiger partial charge is 0.196 e. The Kier molecular flexibility index (Phi) is 3.63. The Bertz CT molecular complexity index is 680. The predicted octanol–water partition coefficient (Wildman–Crippen LogP) is 3.60. The number of hydrogen-bond donors (Lipinski definition) is 1. The first-order chi connectivity index (χ1) is 10.1. The molecule has 0 bridgehead atoms. The van der Waals surface area contributed by atoms with E-state index < -0.39 is 17.7 Å². The molecule has 3 nitrogen and oxygen atoms in total. The number of halogens is 3. The first kappa shape index (κ1) is 14.0. The van der Waals surface area contributed by atoms with E-state index in [0.717, 1.165) is 10.2 Å². The van der Waals surface area contributed by atoms with Gasteiger partial charge in [0.25, 0.3) is 0 Å². The largest absolute Gasteiger partial charge is 0.369 e. The van der Waals surface area contributed by atoms with E-state index in [2.05, 4.69) is 20.9 Å². The molecule has 0 aliphatic carbocycles. The third kappa shape index (κ3) is 2.51. The average Bonchev–Trinajstić information content (AvgIpc) is 2.82. The maximum absolute atomic E-state index is 14.0. The number of anilines is 1. The van der Waals surface area contributed by atoms with Gasteiger partial charge >= 0.3 is 0 Å². The molecule has 1 atom stereocenters. The highest BCUT2D eigenvalue weighted by Gasteiger charge is 2.32. The number of nitrogens with two attached hydrogens (primary N) is 1. The molecule has 1 unspecified atom stereocenters. The standard InChI is InChI=1S/C15H12BrF2N3/c16-9-4-6-10(7-5-9)21-13(8-20-15(21)19)14-11(17)2-1-3-12(14)18/h1-7,13H,8H2,(H2,19,20). The van der Waals surface area contributed by atoms with Crippen LogP contribution in [-0.2, 0) is 0 Å². The van der Waals surface area contributed by atoms with Crippen molar-refractivity contribution in [2.24, 2.45) is 10.7 Å². The number of nitrogens with zero attached hydrogens (tertiary/aromatic N) is 2. The number of aliphatic imine (C=N–C) groups is 1. The lowest BCUT2D eigenvalue weighted by atomic mass is 10.0. The minimum Gasteiger partial charge on any atom is -0.369 e.